The number of guanidine groups is 1. The Labute approximate surface area is 184 Å². The highest BCUT2D eigenvalue weighted by molar-refractivity contribution is 14.0. The van der Waals surface area contributed by atoms with Gasteiger partial charge in [-0.1, -0.05) is 24.3 Å². The van der Waals surface area contributed by atoms with E-state index in [-0.39, 0.29) is 24.0 Å². The van der Waals surface area contributed by atoms with E-state index in [1.54, 1.807) is 0 Å². The van der Waals surface area contributed by atoms with E-state index in [2.05, 4.69) is 91.5 Å². The first-order chi connectivity index (χ1) is 12.3. The predicted molar refractivity (Wildman–Crippen MR) is 129 cm³/mol. The van der Waals surface area contributed by atoms with Gasteiger partial charge in [0.1, 0.15) is 0 Å². The van der Waals surface area contributed by atoms with Gasteiger partial charge in [0.15, 0.2) is 5.96 Å². The zero-order valence-electron chi connectivity index (χ0n) is 18.2. The van der Waals surface area contributed by atoms with Crippen LogP contribution in [0.25, 0.3) is 0 Å². The number of nitrogens with zero attached hydrogens (tertiary/aromatic N) is 3. The van der Waals surface area contributed by atoms with Crippen LogP contribution < -0.4 is 10.6 Å². The van der Waals surface area contributed by atoms with E-state index in [1.165, 1.54) is 11.1 Å². The highest BCUT2D eigenvalue weighted by Gasteiger charge is 2.12. The Morgan fingerprint density at radius 1 is 1.00 bits per heavy atom. The molecule has 5 nitrogen and oxygen atoms in total. The Morgan fingerprint density at radius 3 is 2.11 bits per heavy atom. The third-order valence-corrected chi connectivity index (χ3v) is 4.49. The van der Waals surface area contributed by atoms with Gasteiger partial charge in [0, 0.05) is 45.3 Å². The van der Waals surface area contributed by atoms with E-state index in [9.17, 15) is 0 Å². The van der Waals surface area contributed by atoms with E-state index >= 15 is 0 Å². The van der Waals surface area contributed by atoms with Gasteiger partial charge in [-0.05, 0) is 59.3 Å². The van der Waals surface area contributed by atoms with E-state index in [4.69, 9.17) is 0 Å². The van der Waals surface area contributed by atoms with Crippen LogP contribution >= 0.6 is 24.0 Å². The Morgan fingerprint density at radius 2 is 1.59 bits per heavy atom. The number of halogens is 1. The molecule has 27 heavy (non-hydrogen) atoms. The first-order valence-electron chi connectivity index (χ1n) is 9.77. The lowest BCUT2D eigenvalue weighted by atomic mass is 10.1. The molecule has 0 heterocycles. The molecular weight excluding hydrogens is 449 g/mol. The maximum absolute atomic E-state index is 4.35. The fourth-order valence-electron chi connectivity index (χ4n) is 3.21. The minimum Gasteiger partial charge on any atom is -0.356 e. The summed E-state index contributed by atoms with van der Waals surface area (Å²) in [4.78, 5) is 9.07. The molecule has 1 aromatic carbocycles. The first-order valence-corrected chi connectivity index (χ1v) is 9.77. The van der Waals surface area contributed by atoms with Gasteiger partial charge in [-0.15, -0.1) is 24.0 Å². The number of rotatable bonds is 10. The van der Waals surface area contributed by atoms with Crippen LogP contribution in [0.5, 0.6) is 0 Å². The molecule has 0 aliphatic heterocycles. The standard InChI is InChI=1S/C21H39N5.HI/c1-17(2)26(18(3)4)14-10-13-23-21(22-5)24-15-19-11-8-9-12-20(19)16-25(6)7;/h8-9,11-12,17-18H,10,13-16H2,1-7H3,(H2,22,23,24);1H. The van der Waals surface area contributed by atoms with Gasteiger partial charge in [0.05, 0.1) is 0 Å². The van der Waals surface area contributed by atoms with Gasteiger partial charge < -0.3 is 15.5 Å². The van der Waals surface area contributed by atoms with E-state index in [0.717, 1.165) is 38.6 Å². The lowest BCUT2D eigenvalue weighted by Gasteiger charge is -2.30. The molecule has 0 saturated heterocycles. The minimum atomic E-state index is 0. The quantitative estimate of drug-likeness (QED) is 0.229. The molecule has 0 spiro atoms. The number of benzene rings is 1. The molecule has 0 fully saturated rings. The highest BCUT2D eigenvalue weighted by Crippen LogP contribution is 2.10. The zero-order chi connectivity index (χ0) is 19.5. The van der Waals surface area contributed by atoms with Crippen molar-refractivity contribution in [1.29, 1.82) is 0 Å². The van der Waals surface area contributed by atoms with Crippen LogP contribution in [0, 0.1) is 0 Å². The molecule has 1 rings (SSSR count). The normalized spacial score (nSPS) is 12.0. The number of aliphatic imine (C=N–C) groups is 1. The van der Waals surface area contributed by atoms with Gasteiger partial charge in [-0.25, -0.2) is 0 Å². The molecule has 0 aliphatic rings. The van der Waals surface area contributed by atoms with Crippen molar-refractivity contribution in [3.63, 3.8) is 0 Å². The third-order valence-electron chi connectivity index (χ3n) is 4.49. The lowest BCUT2D eigenvalue weighted by Crippen LogP contribution is -2.41. The highest BCUT2D eigenvalue weighted by atomic mass is 127. The molecular formula is C21H40IN5. The second-order valence-electron chi connectivity index (χ2n) is 7.64. The summed E-state index contributed by atoms with van der Waals surface area (Å²) in [6.07, 6.45) is 1.11. The number of hydrogen-bond acceptors (Lipinski definition) is 3. The fraction of sp³-hybridized carbons (Fsp3) is 0.667. The van der Waals surface area contributed by atoms with Crippen molar-refractivity contribution < 1.29 is 0 Å². The molecule has 0 aliphatic carbocycles. The monoisotopic (exact) mass is 489 g/mol. The average molecular weight is 489 g/mol. The summed E-state index contributed by atoms with van der Waals surface area (Å²) in [6.45, 7) is 12.8. The van der Waals surface area contributed by atoms with Crippen LogP contribution in [-0.4, -0.2) is 62.1 Å². The Bertz CT molecular complexity index is 535. The smallest absolute Gasteiger partial charge is 0.191 e. The molecule has 0 amide bonds. The summed E-state index contributed by atoms with van der Waals surface area (Å²) in [5.74, 6) is 0.866. The van der Waals surface area contributed by atoms with Crippen LogP contribution in [0.2, 0.25) is 0 Å². The summed E-state index contributed by atoms with van der Waals surface area (Å²) in [7, 11) is 6.03. The topological polar surface area (TPSA) is 42.9 Å². The molecule has 1 aromatic rings. The zero-order valence-corrected chi connectivity index (χ0v) is 20.6. The van der Waals surface area contributed by atoms with Crippen molar-refractivity contribution in [2.45, 2.75) is 59.3 Å². The van der Waals surface area contributed by atoms with Crippen molar-refractivity contribution in [2.75, 3.05) is 34.2 Å². The average Bonchev–Trinajstić information content (AvgIpc) is 2.57. The van der Waals surface area contributed by atoms with Crippen molar-refractivity contribution in [3.05, 3.63) is 35.4 Å². The molecule has 0 bridgehead atoms. The second kappa shape index (κ2) is 14.2. The van der Waals surface area contributed by atoms with Gasteiger partial charge in [-0.3, -0.25) is 9.89 Å². The summed E-state index contributed by atoms with van der Waals surface area (Å²) in [5.41, 5.74) is 2.67. The van der Waals surface area contributed by atoms with E-state index in [1.807, 2.05) is 7.05 Å². The molecule has 0 unspecified atom stereocenters. The SMILES string of the molecule is CN=C(NCCCN(C(C)C)C(C)C)NCc1ccccc1CN(C)C.I. The minimum absolute atomic E-state index is 0. The Kier molecular flexibility index (Phi) is 13.7. The van der Waals surface area contributed by atoms with Crippen LogP contribution in [0.1, 0.15) is 45.2 Å². The molecule has 2 N–H and O–H groups in total. The fourth-order valence-corrected chi connectivity index (χ4v) is 3.21. The van der Waals surface area contributed by atoms with Gasteiger partial charge >= 0.3 is 0 Å². The number of hydrogen-bond donors (Lipinski definition) is 2. The molecule has 0 atom stereocenters. The lowest BCUT2D eigenvalue weighted by molar-refractivity contribution is 0.173. The van der Waals surface area contributed by atoms with Crippen LogP contribution in [0.4, 0.5) is 0 Å². The van der Waals surface area contributed by atoms with Crippen molar-refractivity contribution >= 4 is 29.9 Å². The Balaban J connectivity index is 0.00000676. The van der Waals surface area contributed by atoms with Gasteiger partial charge in [0.2, 0.25) is 0 Å². The Hall–Kier alpha value is -0.860. The van der Waals surface area contributed by atoms with Gasteiger partial charge in [-0.2, -0.15) is 0 Å². The van der Waals surface area contributed by atoms with Gasteiger partial charge in [0.25, 0.3) is 0 Å². The molecule has 6 heteroatoms. The summed E-state index contributed by atoms with van der Waals surface area (Å²) < 4.78 is 0. The summed E-state index contributed by atoms with van der Waals surface area (Å²) >= 11 is 0. The van der Waals surface area contributed by atoms with Crippen LogP contribution in [-0.2, 0) is 13.1 Å². The van der Waals surface area contributed by atoms with Crippen molar-refractivity contribution in [3.8, 4) is 0 Å². The van der Waals surface area contributed by atoms with E-state index < -0.39 is 0 Å². The maximum atomic E-state index is 4.35. The largest absolute Gasteiger partial charge is 0.356 e. The van der Waals surface area contributed by atoms with E-state index in [0.29, 0.717) is 12.1 Å². The molecule has 0 aromatic heterocycles. The van der Waals surface area contributed by atoms with Crippen molar-refractivity contribution in [2.24, 2.45) is 4.99 Å². The summed E-state index contributed by atoms with van der Waals surface area (Å²) in [5, 5.41) is 6.87. The molecule has 0 saturated carbocycles. The van der Waals surface area contributed by atoms with Crippen molar-refractivity contribution in [1.82, 2.24) is 20.4 Å². The maximum Gasteiger partial charge on any atom is 0.191 e. The first kappa shape index (κ1) is 26.1. The molecule has 156 valence electrons. The van der Waals surface area contributed by atoms with Crippen LogP contribution in [0.15, 0.2) is 29.3 Å². The molecule has 0 radical (unpaired) electrons. The summed E-state index contributed by atoms with van der Waals surface area (Å²) in [6, 6.07) is 9.74. The second-order valence-corrected chi connectivity index (χ2v) is 7.64. The predicted octanol–water partition coefficient (Wildman–Crippen LogP) is 3.54. The van der Waals surface area contributed by atoms with Crippen LogP contribution in [0.3, 0.4) is 0 Å². The number of nitrogens with one attached hydrogen (secondary N) is 2. The third kappa shape index (κ3) is 10.3.